The van der Waals surface area contributed by atoms with Crippen LogP contribution in [0.1, 0.15) is 65.7 Å². The van der Waals surface area contributed by atoms with Crippen molar-refractivity contribution in [1.82, 2.24) is 10.2 Å². The summed E-state index contributed by atoms with van der Waals surface area (Å²) in [4.78, 5) is 14.2. The van der Waals surface area contributed by atoms with Crippen LogP contribution in [-0.4, -0.2) is 47.2 Å². The Bertz CT molecular complexity index is 343. The number of hydrogen-bond acceptors (Lipinski definition) is 3. The predicted molar refractivity (Wildman–Crippen MR) is 85.1 cm³/mol. The van der Waals surface area contributed by atoms with Crippen molar-refractivity contribution in [2.75, 3.05) is 13.1 Å². The van der Waals surface area contributed by atoms with Gasteiger partial charge in [0.2, 0.25) is 5.91 Å². The number of nitrogens with zero attached hydrogens (tertiary/aromatic N) is 1. The summed E-state index contributed by atoms with van der Waals surface area (Å²) in [6.07, 6.45) is 6.87. The standard InChI is InChI=1S/C17H32N2O2/c1-17(2,3)12-16(21)19-10-8-13(9-11-19)18-14-6-4-5-7-15(14)20/h13-15,18,20H,4-12H2,1-3H3. The van der Waals surface area contributed by atoms with Crippen molar-refractivity contribution in [3.63, 3.8) is 0 Å². The SMILES string of the molecule is CC(C)(C)CC(=O)N1CCC(NC2CCCCC2O)CC1. The summed E-state index contributed by atoms with van der Waals surface area (Å²) in [6, 6.07) is 0.724. The molecule has 1 saturated carbocycles. The van der Waals surface area contributed by atoms with Gasteiger partial charge < -0.3 is 15.3 Å². The highest BCUT2D eigenvalue weighted by Crippen LogP contribution is 2.23. The minimum absolute atomic E-state index is 0.0678. The van der Waals surface area contributed by atoms with Gasteiger partial charge in [0, 0.05) is 31.6 Å². The average Bonchev–Trinajstić information content (AvgIpc) is 2.40. The molecule has 1 aliphatic heterocycles. The topological polar surface area (TPSA) is 52.6 Å². The molecular formula is C17H32N2O2. The van der Waals surface area contributed by atoms with Crippen LogP contribution in [0, 0.1) is 5.41 Å². The molecule has 0 radical (unpaired) electrons. The summed E-state index contributed by atoms with van der Waals surface area (Å²) in [7, 11) is 0. The lowest BCUT2D eigenvalue weighted by molar-refractivity contribution is -0.134. The lowest BCUT2D eigenvalue weighted by atomic mass is 9.90. The Morgan fingerprint density at radius 1 is 1.14 bits per heavy atom. The number of rotatable bonds is 3. The van der Waals surface area contributed by atoms with Crippen LogP contribution in [0.5, 0.6) is 0 Å². The van der Waals surface area contributed by atoms with E-state index in [1.807, 2.05) is 4.90 Å². The second kappa shape index (κ2) is 7.10. The molecule has 2 atom stereocenters. The number of carbonyl (C=O) groups excluding carboxylic acids is 1. The lowest BCUT2D eigenvalue weighted by Crippen LogP contribution is -2.51. The molecule has 4 heteroatoms. The van der Waals surface area contributed by atoms with E-state index in [2.05, 4.69) is 26.1 Å². The Balaban J connectivity index is 1.74. The Kier molecular flexibility index (Phi) is 5.67. The van der Waals surface area contributed by atoms with Gasteiger partial charge in [-0.1, -0.05) is 33.6 Å². The number of amides is 1. The number of hydrogen-bond donors (Lipinski definition) is 2. The molecule has 0 aromatic carbocycles. The molecule has 0 aromatic heterocycles. The minimum atomic E-state index is -0.181. The van der Waals surface area contributed by atoms with E-state index < -0.39 is 0 Å². The van der Waals surface area contributed by atoms with E-state index in [4.69, 9.17) is 0 Å². The van der Waals surface area contributed by atoms with Crippen molar-refractivity contribution in [3.8, 4) is 0 Å². The number of carbonyl (C=O) groups is 1. The lowest BCUT2D eigenvalue weighted by Gasteiger charge is -2.37. The van der Waals surface area contributed by atoms with Crippen molar-refractivity contribution in [3.05, 3.63) is 0 Å². The van der Waals surface area contributed by atoms with Crippen molar-refractivity contribution in [1.29, 1.82) is 0 Å². The van der Waals surface area contributed by atoms with Crippen molar-refractivity contribution >= 4 is 5.91 Å². The van der Waals surface area contributed by atoms with Gasteiger partial charge in [0.05, 0.1) is 6.10 Å². The molecule has 2 fully saturated rings. The molecule has 1 aliphatic carbocycles. The maximum Gasteiger partial charge on any atom is 0.223 e. The molecule has 4 nitrogen and oxygen atoms in total. The Morgan fingerprint density at radius 3 is 2.33 bits per heavy atom. The molecule has 2 rings (SSSR count). The van der Waals surface area contributed by atoms with Gasteiger partial charge >= 0.3 is 0 Å². The zero-order valence-corrected chi connectivity index (χ0v) is 13.9. The first kappa shape index (κ1) is 16.8. The monoisotopic (exact) mass is 296 g/mol. The number of nitrogens with one attached hydrogen (secondary N) is 1. The highest BCUT2D eigenvalue weighted by Gasteiger charge is 2.29. The minimum Gasteiger partial charge on any atom is -0.392 e. The second-order valence-corrected chi connectivity index (χ2v) is 8.02. The Hall–Kier alpha value is -0.610. The summed E-state index contributed by atoms with van der Waals surface area (Å²) < 4.78 is 0. The Morgan fingerprint density at radius 2 is 1.76 bits per heavy atom. The molecule has 0 bridgehead atoms. The van der Waals surface area contributed by atoms with Crippen molar-refractivity contribution < 1.29 is 9.90 Å². The molecule has 2 N–H and O–H groups in total. The van der Waals surface area contributed by atoms with Gasteiger partial charge in [-0.05, 0) is 31.1 Å². The van der Waals surface area contributed by atoms with Crippen LogP contribution in [-0.2, 0) is 4.79 Å². The van der Waals surface area contributed by atoms with E-state index in [1.54, 1.807) is 0 Å². The van der Waals surface area contributed by atoms with Crippen molar-refractivity contribution in [2.45, 2.75) is 83.9 Å². The maximum absolute atomic E-state index is 12.2. The Labute approximate surface area is 129 Å². The average molecular weight is 296 g/mol. The van der Waals surface area contributed by atoms with Gasteiger partial charge in [0.1, 0.15) is 0 Å². The third kappa shape index (κ3) is 5.26. The summed E-state index contributed by atoms with van der Waals surface area (Å²) >= 11 is 0. The third-order valence-electron chi connectivity index (χ3n) is 4.71. The molecule has 1 heterocycles. The van der Waals surface area contributed by atoms with Crippen LogP contribution in [0.4, 0.5) is 0 Å². The highest BCUT2D eigenvalue weighted by molar-refractivity contribution is 5.76. The summed E-state index contributed by atoms with van der Waals surface area (Å²) in [5.41, 5.74) is 0.0678. The van der Waals surface area contributed by atoms with E-state index in [9.17, 15) is 9.90 Å². The van der Waals surface area contributed by atoms with E-state index >= 15 is 0 Å². The molecular weight excluding hydrogens is 264 g/mol. The van der Waals surface area contributed by atoms with E-state index in [0.717, 1.165) is 45.2 Å². The zero-order chi connectivity index (χ0) is 15.5. The fourth-order valence-corrected chi connectivity index (χ4v) is 3.47. The first-order valence-electron chi connectivity index (χ1n) is 8.57. The smallest absolute Gasteiger partial charge is 0.223 e. The van der Waals surface area contributed by atoms with Gasteiger partial charge in [-0.3, -0.25) is 4.79 Å². The fraction of sp³-hybridized carbons (Fsp3) is 0.941. The van der Waals surface area contributed by atoms with Gasteiger partial charge in [-0.25, -0.2) is 0 Å². The molecule has 0 aromatic rings. The normalized spacial score (nSPS) is 28.7. The number of likely N-dealkylation sites (tertiary alicyclic amines) is 1. The predicted octanol–water partition coefficient (Wildman–Crippen LogP) is 2.31. The first-order valence-corrected chi connectivity index (χ1v) is 8.57. The van der Waals surface area contributed by atoms with E-state index in [1.165, 1.54) is 6.42 Å². The molecule has 0 spiro atoms. The van der Waals surface area contributed by atoms with Crippen LogP contribution >= 0.6 is 0 Å². The summed E-state index contributed by atoms with van der Waals surface area (Å²) in [6.45, 7) is 8.06. The quantitative estimate of drug-likeness (QED) is 0.840. The largest absolute Gasteiger partial charge is 0.392 e. The van der Waals surface area contributed by atoms with Crippen molar-refractivity contribution in [2.24, 2.45) is 5.41 Å². The summed E-state index contributed by atoms with van der Waals surface area (Å²) in [5, 5.41) is 13.7. The fourth-order valence-electron chi connectivity index (χ4n) is 3.47. The third-order valence-corrected chi connectivity index (χ3v) is 4.71. The van der Waals surface area contributed by atoms with E-state index in [0.29, 0.717) is 18.4 Å². The molecule has 122 valence electrons. The number of aliphatic hydroxyl groups is 1. The van der Waals surface area contributed by atoms with Crippen LogP contribution in [0.15, 0.2) is 0 Å². The first-order chi connectivity index (χ1) is 9.85. The number of aliphatic hydroxyl groups excluding tert-OH is 1. The van der Waals surface area contributed by atoms with Crippen LogP contribution < -0.4 is 5.32 Å². The van der Waals surface area contributed by atoms with Gasteiger partial charge in [0.15, 0.2) is 0 Å². The van der Waals surface area contributed by atoms with Crippen LogP contribution in [0.25, 0.3) is 0 Å². The zero-order valence-electron chi connectivity index (χ0n) is 13.9. The molecule has 21 heavy (non-hydrogen) atoms. The van der Waals surface area contributed by atoms with Crippen LogP contribution in [0.3, 0.4) is 0 Å². The molecule has 1 amide bonds. The van der Waals surface area contributed by atoms with Gasteiger partial charge in [0.25, 0.3) is 0 Å². The summed E-state index contributed by atoms with van der Waals surface area (Å²) in [5.74, 6) is 0.290. The molecule has 1 saturated heterocycles. The molecule has 2 unspecified atom stereocenters. The maximum atomic E-state index is 12.2. The van der Waals surface area contributed by atoms with Gasteiger partial charge in [-0.2, -0.15) is 0 Å². The second-order valence-electron chi connectivity index (χ2n) is 8.02. The van der Waals surface area contributed by atoms with Gasteiger partial charge in [-0.15, -0.1) is 0 Å². The molecule has 2 aliphatic rings. The van der Waals surface area contributed by atoms with E-state index in [-0.39, 0.29) is 17.6 Å². The highest BCUT2D eigenvalue weighted by atomic mass is 16.3. The number of piperidine rings is 1. The van der Waals surface area contributed by atoms with Crippen LogP contribution in [0.2, 0.25) is 0 Å².